The summed E-state index contributed by atoms with van der Waals surface area (Å²) in [4.78, 5) is 21.3. The monoisotopic (exact) mass is 516 g/mol. The minimum absolute atomic E-state index is 0.103. The first-order chi connectivity index (χ1) is 18.4. The third-order valence-corrected chi connectivity index (χ3v) is 8.11. The maximum atomic E-state index is 15.3. The number of aryl methyl sites for hydroxylation is 1. The van der Waals surface area contributed by atoms with E-state index in [0.717, 1.165) is 36.4 Å². The third kappa shape index (κ3) is 3.59. The highest BCUT2D eigenvalue weighted by atomic mass is 19.1. The average molecular weight is 517 g/mol. The number of nitrogens with zero attached hydrogens (tertiary/aromatic N) is 7. The van der Waals surface area contributed by atoms with Crippen LogP contribution in [0.5, 0.6) is 0 Å². The molecule has 0 aromatic carbocycles. The molecule has 3 N–H and O–H groups in total. The number of alkyl halides is 1. The van der Waals surface area contributed by atoms with Crippen LogP contribution in [0.4, 0.5) is 21.0 Å². The van der Waals surface area contributed by atoms with Gasteiger partial charge in [-0.15, -0.1) is 0 Å². The number of fused-ring (bicyclic) bond motifs is 1. The Morgan fingerprint density at radius 2 is 2.18 bits per heavy atom. The van der Waals surface area contributed by atoms with Crippen LogP contribution in [0.1, 0.15) is 49.4 Å². The first kappa shape index (κ1) is 22.7. The highest BCUT2D eigenvalue weighted by molar-refractivity contribution is 5.77. The second-order valence-electron chi connectivity index (χ2n) is 10.6. The molecule has 0 radical (unpaired) electrons. The first-order valence-electron chi connectivity index (χ1n) is 12.6. The van der Waals surface area contributed by atoms with Crippen molar-refractivity contribution >= 4 is 23.5 Å². The molecular weight excluding hydrogens is 491 g/mol. The predicted octanol–water partition coefficient (Wildman–Crippen LogP) is 3.33. The van der Waals surface area contributed by atoms with Gasteiger partial charge in [0, 0.05) is 42.7 Å². The summed E-state index contributed by atoms with van der Waals surface area (Å²) in [6.07, 6.45) is 6.26. The second kappa shape index (κ2) is 8.27. The lowest BCUT2D eigenvalue weighted by Gasteiger charge is -2.61. The Balaban J connectivity index is 1.07. The average Bonchev–Trinajstić information content (AvgIpc) is 3.64. The van der Waals surface area contributed by atoms with E-state index in [1.54, 1.807) is 33.7 Å². The van der Waals surface area contributed by atoms with Gasteiger partial charge < -0.3 is 15.4 Å². The molecule has 4 saturated carbocycles. The molecule has 4 aliphatic carbocycles. The number of amides is 1. The highest BCUT2D eigenvalue weighted by Gasteiger charge is 2.58. The zero-order valence-corrected chi connectivity index (χ0v) is 20.6. The van der Waals surface area contributed by atoms with Crippen molar-refractivity contribution in [1.29, 1.82) is 5.26 Å². The van der Waals surface area contributed by atoms with Crippen LogP contribution in [0, 0.1) is 17.2 Å². The van der Waals surface area contributed by atoms with E-state index >= 15 is 4.39 Å². The van der Waals surface area contributed by atoms with Gasteiger partial charge in [-0.1, -0.05) is 0 Å². The molecular formula is C25H25FN10O2. The minimum atomic E-state index is -1.34. The topological polar surface area (TPSA) is 151 Å². The van der Waals surface area contributed by atoms with Crippen molar-refractivity contribution < 1.29 is 13.9 Å². The largest absolute Gasteiger partial charge is 0.443 e. The number of imidazole rings is 1. The summed E-state index contributed by atoms with van der Waals surface area (Å²) >= 11 is 0. The quantitative estimate of drug-likeness (QED) is 0.353. The number of alkyl carbamates (subject to hydrolysis) is 1. The number of rotatable bonds is 6. The lowest BCUT2D eigenvalue weighted by molar-refractivity contribution is -0.0532. The number of carbonyl (C=O) groups excluding carboxylic acids is 1. The van der Waals surface area contributed by atoms with Crippen molar-refractivity contribution in [2.75, 3.05) is 5.32 Å². The van der Waals surface area contributed by atoms with Gasteiger partial charge in [0.25, 0.3) is 0 Å². The number of aromatic amines is 1. The summed E-state index contributed by atoms with van der Waals surface area (Å²) in [6, 6.07) is 5.64. The molecule has 4 aromatic heterocycles. The number of hydrogen-bond donors (Lipinski definition) is 3. The lowest BCUT2D eigenvalue weighted by Crippen LogP contribution is -2.68. The molecule has 38 heavy (non-hydrogen) atoms. The summed E-state index contributed by atoms with van der Waals surface area (Å²) in [6.45, 7) is 0. The Morgan fingerprint density at radius 1 is 1.34 bits per heavy atom. The van der Waals surface area contributed by atoms with Gasteiger partial charge in [-0.05, 0) is 44.1 Å². The zero-order valence-electron chi connectivity index (χ0n) is 20.6. The number of nitriles is 1. The van der Waals surface area contributed by atoms with E-state index in [2.05, 4.69) is 42.0 Å². The van der Waals surface area contributed by atoms with Gasteiger partial charge in [-0.2, -0.15) is 15.5 Å². The number of anilines is 2. The molecule has 4 aliphatic rings. The normalized spacial score (nSPS) is 27.4. The number of ether oxygens (including phenoxy) is 1. The molecule has 3 atom stereocenters. The molecule has 4 aromatic rings. The Hall–Kier alpha value is -4.47. The van der Waals surface area contributed by atoms with Gasteiger partial charge in [0.1, 0.15) is 18.3 Å². The van der Waals surface area contributed by atoms with Crippen molar-refractivity contribution in [3.63, 3.8) is 0 Å². The second-order valence-corrected chi connectivity index (χ2v) is 10.6. The van der Waals surface area contributed by atoms with Crippen molar-refractivity contribution in [3.05, 3.63) is 42.1 Å². The van der Waals surface area contributed by atoms with Crippen molar-refractivity contribution in [2.45, 2.75) is 55.8 Å². The lowest BCUT2D eigenvalue weighted by atomic mass is 9.50. The molecule has 0 saturated heterocycles. The summed E-state index contributed by atoms with van der Waals surface area (Å²) < 4.78 is 24.1. The molecule has 8 rings (SSSR count). The predicted molar refractivity (Wildman–Crippen MR) is 132 cm³/mol. The number of nitrogens with one attached hydrogen (secondary N) is 3. The molecule has 1 amide bonds. The third-order valence-electron chi connectivity index (χ3n) is 8.11. The Kier molecular flexibility index (Phi) is 4.94. The molecule has 194 valence electrons. The smallest absolute Gasteiger partial charge is 0.407 e. The SMILES string of the molecule is Cn1nccc1-c1cnc(Nc2cc([C@@H]3CC[C@H](OC(=O)NC45CC(C4)C5)[C@@H]3F)[nH]n2)n2cc(C#N)nc12. The first-order valence-corrected chi connectivity index (χ1v) is 12.6. The van der Waals surface area contributed by atoms with Crippen LogP contribution in [-0.2, 0) is 11.8 Å². The van der Waals surface area contributed by atoms with Crippen LogP contribution in [-0.4, -0.2) is 58.3 Å². The van der Waals surface area contributed by atoms with E-state index in [1.165, 1.54) is 0 Å². The van der Waals surface area contributed by atoms with E-state index in [-0.39, 0.29) is 11.2 Å². The maximum absolute atomic E-state index is 15.3. The van der Waals surface area contributed by atoms with Crippen molar-refractivity contribution in [2.24, 2.45) is 13.0 Å². The van der Waals surface area contributed by atoms with E-state index < -0.39 is 24.3 Å². The van der Waals surface area contributed by atoms with Gasteiger partial charge in [0.2, 0.25) is 5.95 Å². The van der Waals surface area contributed by atoms with Gasteiger partial charge in [-0.25, -0.2) is 19.2 Å². The van der Waals surface area contributed by atoms with Crippen LogP contribution in [0.25, 0.3) is 16.9 Å². The van der Waals surface area contributed by atoms with Crippen LogP contribution in [0.15, 0.2) is 30.7 Å². The Bertz CT molecular complexity index is 1580. The molecule has 0 aliphatic heterocycles. The number of H-pyrrole nitrogens is 1. The van der Waals surface area contributed by atoms with Gasteiger partial charge in [0.15, 0.2) is 17.2 Å². The molecule has 2 bridgehead atoms. The summed E-state index contributed by atoms with van der Waals surface area (Å²) in [5.74, 6) is 1.10. The summed E-state index contributed by atoms with van der Waals surface area (Å²) in [5, 5.41) is 26.9. The highest BCUT2D eigenvalue weighted by Crippen LogP contribution is 2.57. The zero-order chi connectivity index (χ0) is 26.0. The van der Waals surface area contributed by atoms with E-state index in [1.807, 2.05) is 13.1 Å². The molecule has 12 nitrogen and oxygen atoms in total. The van der Waals surface area contributed by atoms with Crippen molar-refractivity contribution in [3.8, 4) is 17.3 Å². The standard InChI is InChI=1S/C25H25FN10O2/c1-35-18(4-5-29-35)16-11-28-23(36-12-14(10-27)30-22(16)36)31-20-6-17(33-34-20)15-2-3-19(21(15)26)38-24(37)32-25-7-13(8-25)9-25/h4-6,11-13,15,19,21H,2-3,7-9H2,1H3,(H,32,37)(H2,28,31,33,34)/t13?,15-,19-,21+,25?/m0/s1. The van der Waals surface area contributed by atoms with E-state index in [0.29, 0.717) is 35.9 Å². The van der Waals surface area contributed by atoms with Crippen LogP contribution in [0.3, 0.4) is 0 Å². The van der Waals surface area contributed by atoms with Gasteiger partial charge in [0.05, 0.1) is 17.5 Å². The van der Waals surface area contributed by atoms with Crippen molar-refractivity contribution in [1.82, 2.24) is 39.7 Å². The summed E-state index contributed by atoms with van der Waals surface area (Å²) in [5.41, 5.74) is 2.80. The molecule has 0 spiro atoms. The van der Waals surface area contributed by atoms with Gasteiger partial charge in [-0.3, -0.25) is 14.2 Å². The summed E-state index contributed by atoms with van der Waals surface area (Å²) in [7, 11) is 1.82. The number of halogens is 1. The molecule has 13 heteroatoms. The number of hydrogen-bond acceptors (Lipinski definition) is 8. The van der Waals surface area contributed by atoms with E-state index in [9.17, 15) is 10.1 Å². The van der Waals surface area contributed by atoms with Gasteiger partial charge >= 0.3 is 6.09 Å². The fourth-order valence-corrected chi connectivity index (χ4v) is 6.03. The fraction of sp³-hybridized carbons (Fsp3) is 0.440. The van der Waals surface area contributed by atoms with Crippen LogP contribution < -0.4 is 10.6 Å². The van der Waals surface area contributed by atoms with E-state index in [4.69, 9.17) is 4.74 Å². The molecule has 4 heterocycles. The Labute approximate surface area is 216 Å². The fourth-order valence-electron chi connectivity index (χ4n) is 6.03. The maximum Gasteiger partial charge on any atom is 0.407 e. The number of aromatic nitrogens is 7. The number of carbonyl (C=O) groups is 1. The van der Waals surface area contributed by atoms with Crippen LogP contribution >= 0.6 is 0 Å². The molecule has 0 unspecified atom stereocenters. The Morgan fingerprint density at radius 3 is 2.89 bits per heavy atom. The van der Waals surface area contributed by atoms with Crippen LogP contribution in [0.2, 0.25) is 0 Å². The minimum Gasteiger partial charge on any atom is -0.443 e. The molecule has 4 fully saturated rings.